The van der Waals surface area contributed by atoms with Gasteiger partial charge in [-0.25, -0.2) is 0 Å². The Bertz CT molecular complexity index is 780. The van der Waals surface area contributed by atoms with Crippen LogP contribution < -0.4 is 10.1 Å². The molecule has 0 aliphatic rings. The maximum Gasteiger partial charge on any atom is 0.273 e. The summed E-state index contributed by atoms with van der Waals surface area (Å²) in [6.07, 6.45) is 0. The van der Waals surface area contributed by atoms with Crippen molar-refractivity contribution in [2.45, 2.75) is 19.5 Å². The van der Waals surface area contributed by atoms with Gasteiger partial charge in [-0.3, -0.25) is 19.8 Å². The molecule has 0 aliphatic heterocycles. The van der Waals surface area contributed by atoms with Crippen LogP contribution in [0.1, 0.15) is 11.8 Å². The Morgan fingerprint density at radius 2 is 2.16 bits per heavy atom. The Hall–Kier alpha value is -2.16. The molecule has 1 amide bonds. The molecule has 0 bridgehead atoms. The van der Waals surface area contributed by atoms with Crippen molar-refractivity contribution in [3.8, 4) is 5.75 Å². The third-order valence-electron chi connectivity index (χ3n) is 3.73. The molecule has 0 spiro atoms. The van der Waals surface area contributed by atoms with Crippen LogP contribution in [0.2, 0.25) is 4.34 Å². The Balaban J connectivity index is 2.06. The number of nitrogens with zero attached hydrogens (tertiary/aromatic N) is 2. The van der Waals surface area contributed by atoms with Gasteiger partial charge in [0.05, 0.1) is 34.2 Å². The van der Waals surface area contributed by atoms with Crippen LogP contribution in [0.4, 0.5) is 11.4 Å². The number of methoxy groups -OCH3 is 1. The maximum atomic E-state index is 12.5. The van der Waals surface area contributed by atoms with Crippen molar-refractivity contribution in [2.75, 3.05) is 19.5 Å². The van der Waals surface area contributed by atoms with Gasteiger partial charge in [-0.05, 0) is 32.2 Å². The van der Waals surface area contributed by atoms with Crippen molar-refractivity contribution in [3.63, 3.8) is 0 Å². The summed E-state index contributed by atoms with van der Waals surface area (Å²) in [6, 6.07) is 7.38. The summed E-state index contributed by atoms with van der Waals surface area (Å²) in [5.41, 5.74) is 0.284. The van der Waals surface area contributed by atoms with Crippen molar-refractivity contribution in [2.24, 2.45) is 0 Å². The van der Waals surface area contributed by atoms with Gasteiger partial charge in [0, 0.05) is 17.5 Å². The first-order valence-electron chi connectivity index (χ1n) is 7.39. The number of carbonyl (C=O) groups excluding carboxylic acids is 1. The number of ether oxygens (including phenoxy) is 1. The van der Waals surface area contributed by atoms with Gasteiger partial charge in [-0.1, -0.05) is 11.6 Å². The van der Waals surface area contributed by atoms with Gasteiger partial charge in [0.15, 0.2) is 0 Å². The number of rotatable bonds is 7. The maximum absolute atomic E-state index is 12.5. The van der Waals surface area contributed by atoms with Crippen LogP contribution in [0.3, 0.4) is 0 Å². The van der Waals surface area contributed by atoms with Crippen LogP contribution in [-0.4, -0.2) is 35.9 Å². The highest BCUT2D eigenvalue weighted by atomic mass is 35.5. The lowest BCUT2D eigenvalue weighted by Crippen LogP contribution is -2.39. The van der Waals surface area contributed by atoms with E-state index in [0.717, 1.165) is 4.88 Å². The molecular weight excluding hydrogens is 366 g/mol. The van der Waals surface area contributed by atoms with E-state index in [2.05, 4.69) is 5.32 Å². The lowest BCUT2D eigenvalue weighted by Gasteiger charge is -2.23. The van der Waals surface area contributed by atoms with Crippen LogP contribution in [0.5, 0.6) is 5.75 Å². The summed E-state index contributed by atoms with van der Waals surface area (Å²) in [7, 11) is 3.23. The minimum Gasteiger partial charge on any atom is -0.494 e. The monoisotopic (exact) mass is 383 g/mol. The number of nitro groups is 1. The van der Waals surface area contributed by atoms with E-state index in [0.29, 0.717) is 16.6 Å². The second-order valence-corrected chi connectivity index (χ2v) is 7.23. The third-order valence-corrected chi connectivity index (χ3v) is 4.94. The molecular formula is C16H18ClN3O4S. The molecule has 1 aromatic heterocycles. The van der Waals surface area contributed by atoms with Crippen molar-refractivity contribution < 1.29 is 14.5 Å². The quantitative estimate of drug-likeness (QED) is 0.581. The Morgan fingerprint density at radius 3 is 2.72 bits per heavy atom. The first-order valence-corrected chi connectivity index (χ1v) is 8.59. The van der Waals surface area contributed by atoms with E-state index in [-0.39, 0.29) is 17.3 Å². The fourth-order valence-electron chi connectivity index (χ4n) is 2.15. The highest BCUT2D eigenvalue weighted by molar-refractivity contribution is 7.16. The lowest BCUT2D eigenvalue weighted by molar-refractivity contribution is -0.384. The van der Waals surface area contributed by atoms with Gasteiger partial charge in [0.2, 0.25) is 5.91 Å². The molecule has 134 valence electrons. The number of hydrogen-bond acceptors (Lipinski definition) is 6. The van der Waals surface area contributed by atoms with Gasteiger partial charge < -0.3 is 10.1 Å². The molecule has 0 saturated carbocycles. The molecule has 0 radical (unpaired) electrons. The van der Waals surface area contributed by atoms with Crippen molar-refractivity contribution in [1.29, 1.82) is 0 Å². The Labute approximate surface area is 154 Å². The van der Waals surface area contributed by atoms with Gasteiger partial charge in [-0.15, -0.1) is 11.3 Å². The van der Waals surface area contributed by atoms with Crippen LogP contribution in [0, 0.1) is 10.1 Å². The average molecular weight is 384 g/mol. The number of nitrogens with one attached hydrogen (secondary N) is 1. The minimum atomic E-state index is -0.517. The summed E-state index contributed by atoms with van der Waals surface area (Å²) in [6.45, 7) is 2.37. The second-order valence-electron chi connectivity index (χ2n) is 5.43. The Kier molecular flexibility index (Phi) is 6.35. The van der Waals surface area contributed by atoms with E-state index in [1.807, 2.05) is 24.1 Å². The number of halogens is 1. The molecule has 0 saturated heterocycles. The van der Waals surface area contributed by atoms with Gasteiger partial charge >= 0.3 is 0 Å². The summed E-state index contributed by atoms with van der Waals surface area (Å²) >= 11 is 7.39. The topological polar surface area (TPSA) is 84.7 Å². The lowest BCUT2D eigenvalue weighted by atomic mass is 10.2. The van der Waals surface area contributed by atoms with E-state index in [9.17, 15) is 14.9 Å². The largest absolute Gasteiger partial charge is 0.494 e. The van der Waals surface area contributed by atoms with Crippen molar-refractivity contribution in [3.05, 3.63) is 49.7 Å². The normalized spacial score (nSPS) is 12.0. The molecule has 2 aromatic rings. The van der Waals surface area contributed by atoms with Gasteiger partial charge in [-0.2, -0.15) is 0 Å². The molecule has 0 unspecified atom stereocenters. The van der Waals surface area contributed by atoms with Gasteiger partial charge in [0.25, 0.3) is 5.69 Å². The molecule has 7 nitrogen and oxygen atoms in total. The average Bonchev–Trinajstić information content (AvgIpc) is 2.98. The zero-order valence-corrected chi connectivity index (χ0v) is 15.6. The fourth-order valence-corrected chi connectivity index (χ4v) is 3.30. The smallest absolute Gasteiger partial charge is 0.273 e. The molecule has 1 heterocycles. The van der Waals surface area contributed by atoms with E-state index < -0.39 is 11.0 Å². The number of amides is 1. The minimum absolute atomic E-state index is 0.102. The number of anilines is 1. The van der Waals surface area contributed by atoms with E-state index >= 15 is 0 Å². The number of nitro benzene ring substituents is 1. The van der Waals surface area contributed by atoms with Crippen LogP contribution in [0.25, 0.3) is 0 Å². The van der Waals surface area contributed by atoms with Crippen LogP contribution in [0.15, 0.2) is 30.3 Å². The molecule has 1 aromatic carbocycles. The zero-order valence-electron chi connectivity index (χ0n) is 14.0. The molecule has 9 heteroatoms. The number of non-ortho nitro benzene ring substituents is 1. The standard InChI is InChI=1S/C16H18ClN3O4S/c1-10(19(2)9-12-5-7-15(17)25-12)16(21)18-13-6-4-11(20(22)23)8-14(13)24-3/h4-8,10H,9H2,1-3H3,(H,18,21)/t10-/m0/s1. The third kappa shape index (κ3) is 4.91. The predicted molar refractivity (Wildman–Crippen MR) is 98.5 cm³/mol. The van der Waals surface area contributed by atoms with E-state index in [1.165, 1.54) is 36.6 Å². The second kappa shape index (κ2) is 8.28. The first-order chi connectivity index (χ1) is 11.8. The molecule has 1 atom stereocenters. The molecule has 1 N–H and O–H groups in total. The number of carbonyl (C=O) groups is 1. The number of benzene rings is 1. The summed E-state index contributed by atoms with van der Waals surface area (Å²) < 4.78 is 5.83. The highest BCUT2D eigenvalue weighted by Gasteiger charge is 2.21. The zero-order chi connectivity index (χ0) is 18.6. The summed E-state index contributed by atoms with van der Waals surface area (Å²) in [5, 5.41) is 13.6. The van der Waals surface area contributed by atoms with Crippen molar-refractivity contribution >= 4 is 40.2 Å². The van der Waals surface area contributed by atoms with Crippen molar-refractivity contribution in [1.82, 2.24) is 4.90 Å². The number of hydrogen-bond donors (Lipinski definition) is 1. The molecule has 0 fully saturated rings. The fraction of sp³-hybridized carbons (Fsp3) is 0.312. The predicted octanol–water partition coefficient (Wildman–Crippen LogP) is 3.78. The summed E-state index contributed by atoms with van der Waals surface area (Å²) in [4.78, 5) is 25.7. The van der Waals surface area contributed by atoms with Crippen LogP contribution >= 0.6 is 22.9 Å². The summed E-state index contributed by atoms with van der Waals surface area (Å²) in [5.74, 6) is -0.000234. The Morgan fingerprint density at radius 1 is 1.44 bits per heavy atom. The molecule has 0 aliphatic carbocycles. The molecule has 25 heavy (non-hydrogen) atoms. The first kappa shape index (κ1) is 19.2. The molecule has 2 rings (SSSR count). The highest BCUT2D eigenvalue weighted by Crippen LogP contribution is 2.29. The van der Waals surface area contributed by atoms with Gasteiger partial charge in [0.1, 0.15) is 5.75 Å². The van der Waals surface area contributed by atoms with Crippen LogP contribution in [-0.2, 0) is 11.3 Å². The SMILES string of the molecule is COc1cc([N+](=O)[O-])ccc1NC(=O)[C@H](C)N(C)Cc1ccc(Cl)s1. The van der Waals surface area contributed by atoms with E-state index in [1.54, 1.807) is 6.92 Å². The number of thiophene rings is 1. The number of likely N-dealkylation sites (N-methyl/N-ethyl adjacent to an activating group) is 1. The van der Waals surface area contributed by atoms with E-state index in [4.69, 9.17) is 16.3 Å².